The molecular formula is C28H31N3O3. The lowest BCUT2D eigenvalue weighted by Crippen LogP contribution is -2.29. The Bertz CT molecular complexity index is 1260. The van der Waals surface area contributed by atoms with Gasteiger partial charge in [0.05, 0.1) is 36.3 Å². The van der Waals surface area contributed by atoms with Crippen LogP contribution in [0.5, 0.6) is 11.5 Å². The van der Waals surface area contributed by atoms with E-state index in [0.29, 0.717) is 30.4 Å². The van der Waals surface area contributed by atoms with E-state index in [9.17, 15) is 4.79 Å². The molecule has 1 N–H and O–H groups in total. The van der Waals surface area contributed by atoms with Crippen molar-refractivity contribution in [2.75, 3.05) is 13.7 Å². The average molecular weight is 458 g/mol. The normalized spacial score (nSPS) is 12.0. The Morgan fingerprint density at radius 2 is 1.68 bits per heavy atom. The number of rotatable bonds is 9. The molecule has 3 aromatic carbocycles. The Morgan fingerprint density at radius 1 is 0.971 bits per heavy atom. The predicted octanol–water partition coefficient (Wildman–Crippen LogP) is 5.74. The summed E-state index contributed by atoms with van der Waals surface area (Å²) in [5.74, 6) is 2.44. The SMILES string of the molecule is COc1ccccc1C(=O)NC(C)c1nc2ccccc2n1CCOc1ccc(C(C)C)cc1. The van der Waals surface area contributed by atoms with Crippen molar-refractivity contribution in [2.45, 2.75) is 39.3 Å². The zero-order chi connectivity index (χ0) is 24.1. The maximum Gasteiger partial charge on any atom is 0.255 e. The van der Waals surface area contributed by atoms with Crippen molar-refractivity contribution < 1.29 is 14.3 Å². The van der Waals surface area contributed by atoms with E-state index in [4.69, 9.17) is 14.5 Å². The van der Waals surface area contributed by atoms with Crippen molar-refractivity contribution in [3.05, 3.63) is 89.7 Å². The van der Waals surface area contributed by atoms with Gasteiger partial charge in [0.1, 0.15) is 23.9 Å². The number of ether oxygens (including phenoxy) is 2. The highest BCUT2D eigenvalue weighted by atomic mass is 16.5. The number of methoxy groups -OCH3 is 1. The second-order valence-electron chi connectivity index (χ2n) is 8.58. The van der Waals surface area contributed by atoms with E-state index in [0.717, 1.165) is 22.6 Å². The predicted molar refractivity (Wildman–Crippen MR) is 135 cm³/mol. The van der Waals surface area contributed by atoms with Crippen LogP contribution in [0.1, 0.15) is 54.5 Å². The van der Waals surface area contributed by atoms with Crippen LogP contribution in [0.4, 0.5) is 0 Å². The number of carbonyl (C=O) groups excluding carboxylic acids is 1. The first-order chi connectivity index (χ1) is 16.5. The van der Waals surface area contributed by atoms with Gasteiger partial charge in [-0.2, -0.15) is 0 Å². The van der Waals surface area contributed by atoms with Gasteiger partial charge in [-0.1, -0.05) is 50.2 Å². The van der Waals surface area contributed by atoms with Gasteiger partial charge in [-0.05, 0) is 54.8 Å². The number of amides is 1. The lowest BCUT2D eigenvalue weighted by atomic mass is 10.0. The van der Waals surface area contributed by atoms with E-state index < -0.39 is 0 Å². The zero-order valence-electron chi connectivity index (χ0n) is 20.1. The quantitative estimate of drug-likeness (QED) is 0.348. The van der Waals surface area contributed by atoms with Crippen LogP contribution in [0.3, 0.4) is 0 Å². The molecule has 0 saturated heterocycles. The summed E-state index contributed by atoms with van der Waals surface area (Å²) in [6.45, 7) is 7.39. The van der Waals surface area contributed by atoms with Gasteiger partial charge in [0.15, 0.2) is 0 Å². The van der Waals surface area contributed by atoms with Crippen molar-refractivity contribution in [2.24, 2.45) is 0 Å². The second kappa shape index (κ2) is 10.4. The van der Waals surface area contributed by atoms with Crippen molar-refractivity contribution in [3.8, 4) is 11.5 Å². The Labute approximate surface area is 200 Å². The summed E-state index contributed by atoms with van der Waals surface area (Å²) in [6.07, 6.45) is 0. The summed E-state index contributed by atoms with van der Waals surface area (Å²) >= 11 is 0. The highest BCUT2D eigenvalue weighted by Gasteiger charge is 2.20. The first kappa shape index (κ1) is 23.4. The average Bonchev–Trinajstić information content (AvgIpc) is 3.23. The lowest BCUT2D eigenvalue weighted by Gasteiger charge is -2.17. The third-order valence-electron chi connectivity index (χ3n) is 5.90. The highest BCUT2D eigenvalue weighted by Crippen LogP contribution is 2.24. The van der Waals surface area contributed by atoms with Gasteiger partial charge in [0.2, 0.25) is 0 Å². The molecule has 0 saturated carbocycles. The number of benzene rings is 3. The van der Waals surface area contributed by atoms with Gasteiger partial charge >= 0.3 is 0 Å². The molecule has 0 aliphatic heterocycles. The van der Waals surface area contributed by atoms with Crippen molar-refractivity contribution in [1.82, 2.24) is 14.9 Å². The molecule has 0 aliphatic carbocycles. The maximum absolute atomic E-state index is 13.0. The molecule has 4 rings (SSSR count). The van der Waals surface area contributed by atoms with Gasteiger partial charge in [-0.15, -0.1) is 0 Å². The molecule has 6 heteroatoms. The molecular weight excluding hydrogens is 426 g/mol. The molecule has 1 unspecified atom stereocenters. The smallest absolute Gasteiger partial charge is 0.255 e. The number of nitrogens with zero attached hydrogens (tertiary/aromatic N) is 2. The zero-order valence-corrected chi connectivity index (χ0v) is 20.1. The number of para-hydroxylation sites is 3. The summed E-state index contributed by atoms with van der Waals surface area (Å²) in [6, 6.07) is 23.1. The fraction of sp³-hybridized carbons (Fsp3) is 0.286. The first-order valence-corrected chi connectivity index (χ1v) is 11.6. The molecule has 1 heterocycles. The van der Waals surface area contributed by atoms with E-state index in [1.807, 2.05) is 55.5 Å². The topological polar surface area (TPSA) is 65.4 Å². The van der Waals surface area contributed by atoms with Crippen molar-refractivity contribution >= 4 is 16.9 Å². The van der Waals surface area contributed by atoms with E-state index >= 15 is 0 Å². The summed E-state index contributed by atoms with van der Waals surface area (Å²) in [7, 11) is 1.56. The maximum atomic E-state index is 13.0. The summed E-state index contributed by atoms with van der Waals surface area (Å²) in [5, 5.41) is 3.07. The van der Waals surface area contributed by atoms with Crippen LogP contribution >= 0.6 is 0 Å². The highest BCUT2D eigenvalue weighted by molar-refractivity contribution is 5.97. The van der Waals surface area contributed by atoms with E-state index in [-0.39, 0.29) is 11.9 Å². The Hall–Kier alpha value is -3.80. The number of nitrogens with one attached hydrogen (secondary N) is 1. The molecule has 0 aliphatic rings. The molecule has 1 amide bonds. The molecule has 6 nitrogen and oxygen atoms in total. The minimum atomic E-state index is -0.310. The number of carbonyl (C=O) groups is 1. The van der Waals surface area contributed by atoms with Crippen LogP contribution in [0.2, 0.25) is 0 Å². The molecule has 34 heavy (non-hydrogen) atoms. The van der Waals surface area contributed by atoms with Crippen LogP contribution in [-0.2, 0) is 6.54 Å². The largest absolute Gasteiger partial charge is 0.496 e. The summed E-state index contributed by atoms with van der Waals surface area (Å²) in [5.41, 5.74) is 3.68. The van der Waals surface area contributed by atoms with Gasteiger partial charge in [0.25, 0.3) is 5.91 Å². The van der Waals surface area contributed by atoms with Crippen LogP contribution < -0.4 is 14.8 Å². The standard InChI is InChI=1S/C28H31N3O3/c1-19(2)21-13-15-22(16-14-21)34-18-17-31-25-11-7-6-10-24(25)30-27(31)20(3)29-28(32)23-9-5-8-12-26(23)33-4/h5-16,19-20H,17-18H2,1-4H3,(H,29,32). The third kappa shape index (κ3) is 5.06. The van der Waals surface area contributed by atoms with Gasteiger partial charge in [-0.3, -0.25) is 4.79 Å². The minimum absolute atomic E-state index is 0.204. The lowest BCUT2D eigenvalue weighted by molar-refractivity contribution is 0.0934. The number of imidazole rings is 1. The van der Waals surface area contributed by atoms with E-state index in [1.54, 1.807) is 19.2 Å². The van der Waals surface area contributed by atoms with Crippen LogP contribution in [0.15, 0.2) is 72.8 Å². The molecule has 0 fully saturated rings. The molecule has 1 atom stereocenters. The molecule has 0 radical (unpaired) electrons. The number of hydrogen-bond donors (Lipinski definition) is 1. The number of aromatic nitrogens is 2. The van der Waals surface area contributed by atoms with E-state index in [1.165, 1.54) is 5.56 Å². The monoisotopic (exact) mass is 457 g/mol. The number of hydrogen-bond acceptors (Lipinski definition) is 4. The molecule has 4 aromatic rings. The molecule has 1 aromatic heterocycles. The fourth-order valence-electron chi connectivity index (χ4n) is 4.03. The first-order valence-electron chi connectivity index (χ1n) is 11.6. The number of fused-ring (bicyclic) bond motifs is 1. The molecule has 0 spiro atoms. The second-order valence-corrected chi connectivity index (χ2v) is 8.58. The molecule has 0 bridgehead atoms. The van der Waals surface area contributed by atoms with Crippen LogP contribution in [-0.4, -0.2) is 29.2 Å². The summed E-state index contributed by atoms with van der Waals surface area (Å²) < 4.78 is 13.5. The Kier molecular flexibility index (Phi) is 7.16. The van der Waals surface area contributed by atoms with Gasteiger partial charge < -0.3 is 19.4 Å². The third-order valence-corrected chi connectivity index (χ3v) is 5.90. The fourth-order valence-corrected chi connectivity index (χ4v) is 4.03. The Balaban J connectivity index is 1.52. The molecule has 176 valence electrons. The van der Waals surface area contributed by atoms with Gasteiger partial charge in [-0.25, -0.2) is 4.98 Å². The van der Waals surface area contributed by atoms with Crippen molar-refractivity contribution in [3.63, 3.8) is 0 Å². The van der Waals surface area contributed by atoms with Crippen molar-refractivity contribution in [1.29, 1.82) is 0 Å². The van der Waals surface area contributed by atoms with Crippen LogP contribution in [0.25, 0.3) is 11.0 Å². The van der Waals surface area contributed by atoms with Crippen LogP contribution in [0, 0.1) is 0 Å². The van der Waals surface area contributed by atoms with E-state index in [2.05, 4.69) is 35.9 Å². The Morgan fingerprint density at radius 3 is 2.41 bits per heavy atom. The van der Waals surface area contributed by atoms with Gasteiger partial charge in [0, 0.05) is 0 Å². The minimum Gasteiger partial charge on any atom is -0.496 e. The summed E-state index contributed by atoms with van der Waals surface area (Å²) in [4.78, 5) is 17.8.